The summed E-state index contributed by atoms with van der Waals surface area (Å²) in [7, 11) is 0. The predicted octanol–water partition coefficient (Wildman–Crippen LogP) is 0.912. The third-order valence-corrected chi connectivity index (χ3v) is 2.23. The minimum absolute atomic E-state index is 0.0164. The van der Waals surface area contributed by atoms with Gasteiger partial charge >= 0.3 is 5.82 Å². The Morgan fingerprint density at radius 2 is 2.18 bits per heavy atom. The maximum atomic E-state index is 11.2. The molecule has 1 aromatic rings. The number of nitrogens with one attached hydrogen (secondary N) is 1. The molecular weight excluding hydrogens is 224 g/mol. The van der Waals surface area contributed by atoms with Crippen molar-refractivity contribution in [2.75, 3.05) is 5.32 Å². The lowest BCUT2D eigenvalue weighted by molar-refractivity contribution is -0.389. The molecule has 7 nitrogen and oxygen atoms in total. The standard InChI is InChI=1S/C10H14N4O3/c1-6(2)9(10(11)15)13-7-3-4-8(12-5-7)14(16)17/h3-6,9,13H,1-2H3,(H2,11,15). The van der Waals surface area contributed by atoms with E-state index < -0.39 is 16.9 Å². The summed E-state index contributed by atoms with van der Waals surface area (Å²) in [5, 5.41) is 13.3. The van der Waals surface area contributed by atoms with Crippen molar-refractivity contribution in [1.82, 2.24) is 4.98 Å². The topological polar surface area (TPSA) is 111 Å². The van der Waals surface area contributed by atoms with E-state index in [1.54, 1.807) is 0 Å². The molecular formula is C10H14N4O3. The van der Waals surface area contributed by atoms with Crippen LogP contribution in [0.2, 0.25) is 0 Å². The van der Waals surface area contributed by atoms with Gasteiger partial charge in [-0.1, -0.05) is 13.8 Å². The Balaban J connectivity index is 2.80. The van der Waals surface area contributed by atoms with E-state index in [-0.39, 0.29) is 11.7 Å². The first-order valence-corrected chi connectivity index (χ1v) is 5.08. The summed E-state index contributed by atoms with van der Waals surface area (Å²) in [4.78, 5) is 24.6. The lowest BCUT2D eigenvalue weighted by Crippen LogP contribution is -2.39. The molecule has 0 radical (unpaired) electrons. The van der Waals surface area contributed by atoms with Crippen LogP contribution in [-0.4, -0.2) is 21.9 Å². The Kier molecular flexibility index (Phi) is 3.97. The second-order valence-electron chi connectivity index (χ2n) is 3.93. The molecule has 1 heterocycles. The molecule has 1 amide bonds. The maximum absolute atomic E-state index is 11.2. The summed E-state index contributed by atoms with van der Waals surface area (Å²) in [5.74, 6) is -0.697. The van der Waals surface area contributed by atoms with Crippen LogP contribution in [0.15, 0.2) is 18.3 Å². The van der Waals surface area contributed by atoms with E-state index >= 15 is 0 Å². The second kappa shape index (κ2) is 5.24. The van der Waals surface area contributed by atoms with Crippen molar-refractivity contribution in [2.45, 2.75) is 19.9 Å². The average Bonchev–Trinajstić information content (AvgIpc) is 2.25. The van der Waals surface area contributed by atoms with Gasteiger partial charge in [0.15, 0.2) is 6.20 Å². The fraction of sp³-hybridized carbons (Fsp3) is 0.400. The van der Waals surface area contributed by atoms with E-state index in [1.165, 1.54) is 18.3 Å². The third-order valence-electron chi connectivity index (χ3n) is 2.23. The summed E-state index contributed by atoms with van der Waals surface area (Å²) >= 11 is 0. The number of primary amides is 1. The second-order valence-corrected chi connectivity index (χ2v) is 3.93. The number of carbonyl (C=O) groups excluding carboxylic acids is 1. The van der Waals surface area contributed by atoms with Gasteiger partial charge in [0.2, 0.25) is 5.91 Å². The van der Waals surface area contributed by atoms with Crippen molar-refractivity contribution in [3.8, 4) is 0 Å². The smallest absolute Gasteiger partial charge is 0.363 e. The van der Waals surface area contributed by atoms with Crippen LogP contribution in [0.25, 0.3) is 0 Å². The molecule has 0 saturated heterocycles. The molecule has 0 aliphatic rings. The zero-order valence-corrected chi connectivity index (χ0v) is 9.58. The largest absolute Gasteiger partial charge is 0.370 e. The van der Waals surface area contributed by atoms with E-state index in [1.807, 2.05) is 13.8 Å². The number of anilines is 1. The first-order valence-electron chi connectivity index (χ1n) is 5.08. The molecule has 0 fully saturated rings. The Morgan fingerprint density at radius 3 is 2.53 bits per heavy atom. The zero-order valence-electron chi connectivity index (χ0n) is 9.58. The Bertz CT molecular complexity index is 416. The van der Waals surface area contributed by atoms with Crippen molar-refractivity contribution >= 4 is 17.4 Å². The Morgan fingerprint density at radius 1 is 1.53 bits per heavy atom. The molecule has 92 valence electrons. The van der Waals surface area contributed by atoms with Gasteiger partial charge in [-0.3, -0.25) is 4.79 Å². The molecule has 0 aliphatic carbocycles. The van der Waals surface area contributed by atoms with Crippen molar-refractivity contribution in [3.05, 3.63) is 28.4 Å². The number of nitro groups is 1. The summed E-state index contributed by atoms with van der Waals surface area (Å²) in [5.41, 5.74) is 5.75. The Labute approximate surface area is 98.2 Å². The van der Waals surface area contributed by atoms with Crippen molar-refractivity contribution in [1.29, 1.82) is 0 Å². The van der Waals surface area contributed by atoms with Gasteiger partial charge in [0, 0.05) is 6.07 Å². The summed E-state index contributed by atoms with van der Waals surface area (Å²) in [6, 6.07) is 2.22. The highest BCUT2D eigenvalue weighted by atomic mass is 16.6. The minimum Gasteiger partial charge on any atom is -0.370 e. The lowest BCUT2D eigenvalue weighted by Gasteiger charge is -2.19. The van der Waals surface area contributed by atoms with E-state index in [2.05, 4.69) is 10.3 Å². The number of nitrogens with two attached hydrogens (primary N) is 1. The van der Waals surface area contributed by atoms with Crippen molar-refractivity contribution in [3.63, 3.8) is 0 Å². The molecule has 7 heteroatoms. The molecule has 1 unspecified atom stereocenters. The third kappa shape index (κ3) is 3.40. The quantitative estimate of drug-likeness (QED) is 0.585. The van der Waals surface area contributed by atoms with Gasteiger partial charge in [0.05, 0.1) is 5.69 Å². The number of carbonyl (C=O) groups is 1. The van der Waals surface area contributed by atoms with Crippen LogP contribution in [0.4, 0.5) is 11.5 Å². The molecule has 3 N–H and O–H groups in total. The van der Waals surface area contributed by atoms with Gasteiger partial charge < -0.3 is 21.2 Å². The molecule has 1 atom stereocenters. The number of amides is 1. The van der Waals surface area contributed by atoms with Gasteiger partial charge in [-0.2, -0.15) is 0 Å². The molecule has 0 bridgehead atoms. The van der Waals surface area contributed by atoms with Crippen LogP contribution in [0.3, 0.4) is 0 Å². The molecule has 0 spiro atoms. The minimum atomic E-state index is -0.586. The van der Waals surface area contributed by atoms with Gasteiger partial charge in [-0.25, -0.2) is 0 Å². The summed E-state index contributed by atoms with van der Waals surface area (Å²) in [6.07, 6.45) is 1.30. The summed E-state index contributed by atoms with van der Waals surface area (Å²) < 4.78 is 0. The van der Waals surface area contributed by atoms with Crippen LogP contribution in [0.5, 0.6) is 0 Å². The fourth-order valence-corrected chi connectivity index (χ4v) is 1.33. The summed E-state index contributed by atoms with van der Waals surface area (Å²) in [6.45, 7) is 3.70. The van der Waals surface area contributed by atoms with Gasteiger partial charge in [0.1, 0.15) is 6.04 Å². The fourth-order valence-electron chi connectivity index (χ4n) is 1.33. The van der Waals surface area contributed by atoms with E-state index in [4.69, 9.17) is 5.73 Å². The SMILES string of the molecule is CC(C)C(Nc1ccc([N+](=O)[O-])nc1)C(N)=O. The number of rotatable bonds is 5. The average molecular weight is 238 g/mol. The van der Waals surface area contributed by atoms with Crippen LogP contribution >= 0.6 is 0 Å². The van der Waals surface area contributed by atoms with E-state index in [0.29, 0.717) is 5.69 Å². The van der Waals surface area contributed by atoms with Gasteiger partial charge in [0.25, 0.3) is 0 Å². The highest BCUT2D eigenvalue weighted by Gasteiger charge is 2.19. The molecule has 0 saturated carbocycles. The van der Waals surface area contributed by atoms with E-state index in [9.17, 15) is 14.9 Å². The van der Waals surface area contributed by atoms with Crippen molar-refractivity contribution < 1.29 is 9.72 Å². The zero-order chi connectivity index (χ0) is 13.0. The van der Waals surface area contributed by atoms with Crippen molar-refractivity contribution in [2.24, 2.45) is 11.7 Å². The molecule has 0 aliphatic heterocycles. The highest BCUT2D eigenvalue weighted by molar-refractivity contribution is 5.83. The van der Waals surface area contributed by atoms with E-state index in [0.717, 1.165) is 0 Å². The molecule has 0 aromatic carbocycles. The Hall–Kier alpha value is -2.18. The van der Waals surface area contributed by atoms with Gasteiger partial charge in [-0.05, 0) is 21.9 Å². The number of pyridine rings is 1. The highest BCUT2D eigenvalue weighted by Crippen LogP contribution is 2.14. The van der Waals surface area contributed by atoms with Crippen LogP contribution in [-0.2, 0) is 4.79 Å². The molecule has 1 aromatic heterocycles. The predicted molar refractivity (Wildman–Crippen MR) is 62.3 cm³/mol. The number of hydrogen-bond donors (Lipinski definition) is 2. The first-order chi connectivity index (χ1) is 7.91. The number of aromatic nitrogens is 1. The lowest BCUT2D eigenvalue weighted by atomic mass is 10.0. The molecule has 1 rings (SSSR count). The van der Waals surface area contributed by atoms with Crippen LogP contribution in [0.1, 0.15) is 13.8 Å². The maximum Gasteiger partial charge on any atom is 0.363 e. The van der Waals surface area contributed by atoms with Gasteiger partial charge in [-0.15, -0.1) is 0 Å². The van der Waals surface area contributed by atoms with Crippen LogP contribution < -0.4 is 11.1 Å². The first kappa shape index (κ1) is 12.9. The molecule has 17 heavy (non-hydrogen) atoms. The number of hydrogen-bond acceptors (Lipinski definition) is 5. The monoisotopic (exact) mass is 238 g/mol. The number of nitrogens with zero attached hydrogens (tertiary/aromatic N) is 2. The normalized spacial score (nSPS) is 12.2. The van der Waals surface area contributed by atoms with Crippen LogP contribution in [0, 0.1) is 16.0 Å².